The minimum Gasteiger partial charge on any atom is -0.477 e. The standard InChI is InChI=1S/C24H25ClN6O2/c25-21-12-30-24(26)19-2-1-17(9-20(19)21)28-10-15-3-5-27-23(8-15)33-14-16-4-6-31-18(13-32)11-29-22(31)7-16/h1-3,5,8-9,11-12,16,28,32H,4,6-7,10,13-14H2,(H2,26,30). The first-order valence-electron chi connectivity index (χ1n) is 10.9. The molecular weight excluding hydrogens is 440 g/mol. The number of benzene rings is 1. The summed E-state index contributed by atoms with van der Waals surface area (Å²) in [6, 6.07) is 9.78. The van der Waals surface area contributed by atoms with Crippen molar-refractivity contribution in [2.75, 3.05) is 17.7 Å². The summed E-state index contributed by atoms with van der Waals surface area (Å²) >= 11 is 6.29. The molecule has 5 rings (SSSR count). The number of nitrogens with zero attached hydrogens (tertiary/aromatic N) is 4. The smallest absolute Gasteiger partial charge is 0.213 e. The van der Waals surface area contributed by atoms with Crippen LogP contribution in [0, 0.1) is 5.92 Å². The van der Waals surface area contributed by atoms with E-state index in [1.54, 1.807) is 18.6 Å². The monoisotopic (exact) mass is 464 g/mol. The molecule has 170 valence electrons. The number of aliphatic hydroxyl groups excluding tert-OH is 1. The summed E-state index contributed by atoms with van der Waals surface area (Å²) in [4.78, 5) is 12.9. The van der Waals surface area contributed by atoms with Crippen LogP contribution < -0.4 is 15.8 Å². The molecule has 4 heterocycles. The number of hydrogen-bond acceptors (Lipinski definition) is 7. The van der Waals surface area contributed by atoms with Crippen LogP contribution in [-0.4, -0.2) is 31.2 Å². The molecule has 1 aliphatic heterocycles. The summed E-state index contributed by atoms with van der Waals surface area (Å²) in [6.07, 6.45) is 6.91. The number of nitrogens with one attached hydrogen (secondary N) is 1. The number of anilines is 2. The van der Waals surface area contributed by atoms with Gasteiger partial charge in [0.25, 0.3) is 0 Å². The number of pyridine rings is 2. The summed E-state index contributed by atoms with van der Waals surface area (Å²) in [5.74, 6) is 2.46. The Morgan fingerprint density at radius 2 is 2.06 bits per heavy atom. The van der Waals surface area contributed by atoms with Gasteiger partial charge in [0.1, 0.15) is 11.6 Å². The Labute approximate surface area is 196 Å². The molecule has 4 aromatic rings. The Kier molecular flexibility index (Phi) is 6.02. The number of nitrogens with two attached hydrogens (primary N) is 1. The van der Waals surface area contributed by atoms with Gasteiger partial charge in [-0.3, -0.25) is 0 Å². The lowest BCUT2D eigenvalue weighted by Gasteiger charge is -2.24. The van der Waals surface area contributed by atoms with E-state index in [1.807, 2.05) is 30.3 Å². The summed E-state index contributed by atoms with van der Waals surface area (Å²) in [7, 11) is 0. The van der Waals surface area contributed by atoms with Gasteiger partial charge in [0.15, 0.2) is 0 Å². The van der Waals surface area contributed by atoms with E-state index in [1.165, 1.54) is 0 Å². The Morgan fingerprint density at radius 1 is 1.15 bits per heavy atom. The molecule has 0 fully saturated rings. The maximum Gasteiger partial charge on any atom is 0.213 e. The highest BCUT2D eigenvalue weighted by Gasteiger charge is 2.22. The van der Waals surface area contributed by atoms with E-state index in [0.717, 1.165) is 52.9 Å². The fourth-order valence-electron chi connectivity index (χ4n) is 4.22. The Hall–Kier alpha value is -3.36. The molecule has 0 amide bonds. The number of rotatable bonds is 7. The summed E-state index contributed by atoms with van der Waals surface area (Å²) in [6.45, 7) is 2.09. The largest absolute Gasteiger partial charge is 0.477 e. The van der Waals surface area contributed by atoms with E-state index in [9.17, 15) is 5.11 Å². The van der Waals surface area contributed by atoms with Crippen LogP contribution in [0.2, 0.25) is 5.02 Å². The van der Waals surface area contributed by atoms with E-state index >= 15 is 0 Å². The fourth-order valence-corrected chi connectivity index (χ4v) is 4.42. The lowest BCUT2D eigenvalue weighted by molar-refractivity contribution is 0.207. The average Bonchev–Trinajstić information content (AvgIpc) is 3.26. The highest BCUT2D eigenvalue weighted by Crippen LogP contribution is 2.29. The topological polar surface area (TPSA) is 111 Å². The maximum absolute atomic E-state index is 9.40. The normalized spacial score (nSPS) is 15.4. The molecule has 3 aromatic heterocycles. The van der Waals surface area contributed by atoms with Gasteiger partial charge in [-0.15, -0.1) is 0 Å². The molecule has 1 aromatic carbocycles. The lowest BCUT2D eigenvalue weighted by atomic mass is 9.99. The van der Waals surface area contributed by atoms with Crippen LogP contribution in [-0.2, 0) is 26.1 Å². The zero-order chi connectivity index (χ0) is 22.8. The van der Waals surface area contributed by atoms with Crippen molar-refractivity contribution in [1.82, 2.24) is 19.5 Å². The molecule has 33 heavy (non-hydrogen) atoms. The van der Waals surface area contributed by atoms with Crippen molar-refractivity contribution in [2.24, 2.45) is 5.92 Å². The zero-order valence-corrected chi connectivity index (χ0v) is 18.8. The van der Waals surface area contributed by atoms with Crippen molar-refractivity contribution < 1.29 is 9.84 Å². The molecule has 9 heteroatoms. The molecular formula is C24H25ClN6O2. The van der Waals surface area contributed by atoms with Gasteiger partial charge in [-0.1, -0.05) is 11.6 Å². The van der Waals surface area contributed by atoms with E-state index < -0.39 is 0 Å². The molecule has 0 radical (unpaired) electrons. The van der Waals surface area contributed by atoms with Crippen molar-refractivity contribution in [1.29, 1.82) is 0 Å². The molecule has 1 unspecified atom stereocenters. The SMILES string of the molecule is Nc1ncc(Cl)c2cc(NCc3ccnc(OCC4CCn5c(CO)cnc5C4)c3)ccc12. The summed E-state index contributed by atoms with van der Waals surface area (Å²) in [5.41, 5.74) is 8.82. The number of ether oxygens (including phenoxy) is 1. The number of nitrogen functional groups attached to an aromatic ring is 1. The molecule has 1 atom stereocenters. The first-order valence-corrected chi connectivity index (χ1v) is 11.3. The molecule has 8 nitrogen and oxygen atoms in total. The van der Waals surface area contributed by atoms with Gasteiger partial charge in [0.2, 0.25) is 5.88 Å². The van der Waals surface area contributed by atoms with E-state index in [-0.39, 0.29) is 6.61 Å². The van der Waals surface area contributed by atoms with Crippen molar-refractivity contribution in [3.05, 3.63) is 71.0 Å². The number of halogens is 1. The minimum absolute atomic E-state index is 0.0242. The van der Waals surface area contributed by atoms with E-state index in [2.05, 4.69) is 24.8 Å². The van der Waals surface area contributed by atoms with Crippen LogP contribution in [0.1, 0.15) is 23.5 Å². The first-order chi connectivity index (χ1) is 16.1. The van der Waals surface area contributed by atoms with Crippen molar-refractivity contribution in [2.45, 2.75) is 32.5 Å². The van der Waals surface area contributed by atoms with Gasteiger partial charge in [-0.25, -0.2) is 15.0 Å². The third kappa shape index (κ3) is 4.58. The second kappa shape index (κ2) is 9.25. The number of imidazole rings is 1. The van der Waals surface area contributed by atoms with Crippen molar-refractivity contribution in [3.8, 4) is 5.88 Å². The van der Waals surface area contributed by atoms with Gasteiger partial charge in [0, 0.05) is 60.3 Å². The predicted molar refractivity (Wildman–Crippen MR) is 128 cm³/mol. The van der Waals surface area contributed by atoms with E-state index in [0.29, 0.717) is 35.8 Å². The van der Waals surface area contributed by atoms with Crippen LogP contribution in [0.25, 0.3) is 10.8 Å². The summed E-state index contributed by atoms with van der Waals surface area (Å²) in [5, 5.41) is 15.1. The lowest BCUT2D eigenvalue weighted by Crippen LogP contribution is -2.25. The van der Waals surface area contributed by atoms with Gasteiger partial charge in [-0.05, 0) is 36.2 Å². The molecule has 0 spiro atoms. The number of hydrogen-bond donors (Lipinski definition) is 3. The highest BCUT2D eigenvalue weighted by molar-refractivity contribution is 6.35. The number of fused-ring (bicyclic) bond motifs is 2. The summed E-state index contributed by atoms with van der Waals surface area (Å²) < 4.78 is 8.11. The predicted octanol–water partition coefficient (Wildman–Crippen LogP) is 3.81. The third-order valence-electron chi connectivity index (χ3n) is 6.05. The van der Waals surface area contributed by atoms with Crippen molar-refractivity contribution in [3.63, 3.8) is 0 Å². The van der Waals surface area contributed by atoms with E-state index in [4.69, 9.17) is 22.1 Å². The van der Waals surface area contributed by atoms with Gasteiger partial charge in [0.05, 0.1) is 30.1 Å². The molecule has 0 saturated carbocycles. The minimum atomic E-state index is 0.0242. The second-order valence-electron chi connectivity index (χ2n) is 8.25. The fraction of sp³-hybridized carbons (Fsp3) is 0.292. The van der Waals surface area contributed by atoms with Gasteiger partial charge < -0.3 is 25.5 Å². The van der Waals surface area contributed by atoms with Crippen molar-refractivity contribution >= 4 is 33.9 Å². The van der Waals surface area contributed by atoms with Crippen LogP contribution in [0.5, 0.6) is 5.88 Å². The third-order valence-corrected chi connectivity index (χ3v) is 6.35. The molecule has 0 saturated heterocycles. The zero-order valence-electron chi connectivity index (χ0n) is 18.0. The average molecular weight is 465 g/mol. The molecule has 0 aliphatic carbocycles. The molecule has 0 bridgehead atoms. The maximum atomic E-state index is 9.40. The molecule has 4 N–H and O–H groups in total. The van der Waals surface area contributed by atoms with Crippen LogP contribution >= 0.6 is 11.6 Å². The Morgan fingerprint density at radius 3 is 2.94 bits per heavy atom. The quantitative estimate of drug-likeness (QED) is 0.381. The highest BCUT2D eigenvalue weighted by atomic mass is 35.5. The Balaban J connectivity index is 1.19. The number of aliphatic hydroxyl groups is 1. The van der Waals surface area contributed by atoms with Crippen LogP contribution in [0.3, 0.4) is 0 Å². The number of aromatic nitrogens is 4. The molecule has 1 aliphatic rings. The van der Waals surface area contributed by atoms with Crippen LogP contribution in [0.4, 0.5) is 11.5 Å². The van der Waals surface area contributed by atoms with Crippen LogP contribution in [0.15, 0.2) is 48.9 Å². The Bertz CT molecular complexity index is 1290. The van der Waals surface area contributed by atoms with Gasteiger partial charge >= 0.3 is 0 Å². The first kappa shape index (κ1) is 21.5. The second-order valence-corrected chi connectivity index (χ2v) is 8.66. The van der Waals surface area contributed by atoms with Gasteiger partial charge in [-0.2, -0.15) is 0 Å².